The first-order chi connectivity index (χ1) is 35.6. The van der Waals surface area contributed by atoms with Crippen LogP contribution >= 0.6 is 29.2 Å². The highest BCUT2D eigenvalue weighted by molar-refractivity contribution is 8.81. The van der Waals surface area contributed by atoms with Crippen LogP contribution in [0.25, 0.3) is 0 Å². The summed E-state index contributed by atoms with van der Waals surface area (Å²) < 4.78 is 0. The lowest BCUT2D eigenvalue weighted by molar-refractivity contribution is 0.368. The predicted octanol–water partition coefficient (Wildman–Crippen LogP) is 23.9. The maximum Gasteiger partial charge on any atom is 0.118 e. The number of aryl methyl sites for hydroxylation is 1. The van der Waals surface area contributed by atoms with Crippen molar-refractivity contribution in [1.29, 1.82) is 0 Å². The maximum atomic E-state index is 2.96. The summed E-state index contributed by atoms with van der Waals surface area (Å²) >= 11 is 0. The van der Waals surface area contributed by atoms with E-state index >= 15 is 0 Å². The van der Waals surface area contributed by atoms with Crippen LogP contribution in [0.4, 0.5) is 0 Å². The minimum absolute atomic E-state index is 0.0484. The Labute approximate surface area is 450 Å². The van der Waals surface area contributed by atoms with Crippen LogP contribution in [0.2, 0.25) is 0 Å². The number of hydrogen-bond acceptors (Lipinski definition) is 0. The van der Waals surface area contributed by atoms with E-state index in [2.05, 4.69) is 144 Å². The Morgan fingerprint density at radius 2 is 1.10 bits per heavy atom. The van der Waals surface area contributed by atoms with Crippen molar-refractivity contribution in [3.63, 3.8) is 0 Å². The number of unbranched alkanes of at least 4 members (excludes halogenated alkanes) is 22. The lowest BCUT2D eigenvalue weighted by atomic mass is 9.78. The molecule has 12 atom stereocenters. The predicted molar refractivity (Wildman–Crippen MR) is 333 cm³/mol. The number of fused-ring (bicyclic) bond motifs is 1. The zero-order valence-electron chi connectivity index (χ0n) is 47.6. The van der Waals surface area contributed by atoms with E-state index < -0.39 is 6.95 Å². The van der Waals surface area contributed by atoms with Gasteiger partial charge in [-0.2, -0.15) is 0 Å². The van der Waals surface area contributed by atoms with E-state index in [-0.39, 0.29) is 22.2 Å². The van der Waals surface area contributed by atoms with Gasteiger partial charge in [0, 0.05) is 35.1 Å². The minimum Gasteiger partial charge on any atom is -0.0807 e. The van der Waals surface area contributed by atoms with Gasteiger partial charge >= 0.3 is 0 Å². The van der Waals surface area contributed by atoms with E-state index in [0.29, 0.717) is 34.7 Å². The molecule has 1 aliphatic heterocycles. The topological polar surface area (TPSA) is 0 Å². The Morgan fingerprint density at radius 1 is 0.528 bits per heavy atom. The first-order valence-electron chi connectivity index (χ1n) is 31.6. The highest BCUT2D eigenvalue weighted by Gasteiger charge is 2.81. The molecule has 1 spiro atoms. The average Bonchev–Trinajstić information content (AvgIpc) is 3.97. The molecule has 2 aromatic rings. The van der Waals surface area contributed by atoms with Crippen LogP contribution < -0.4 is 0 Å². The summed E-state index contributed by atoms with van der Waals surface area (Å²) in [6.07, 6.45) is 67.8. The molecule has 4 heteroatoms. The molecule has 1 saturated heterocycles. The SMILES string of the molecule is CCCCCCCCCCC1C(c2ccccc2)CC2C=CC=C3P(CCCCCCC)P(CC)P(CCCCCCCC)[P+](CC)(C4C(c5ccccc5CCCCCCCCC)CC5C=CC=CC54)C321. The van der Waals surface area contributed by atoms with Gasteiger partial charge in [0.2, 0.25) is 0 Å². The largest absolute Gasteiger partial charge is 0.118 e. The molecule has 1 heterocycles. The normalized spacial score (nSPS) is 30.4. The van der Waals surface area contributed by atoms with E-state index in [9.17, 15) is 0 Å². The fraction of sp³-hybridized carbons (Fsp3) is 0.706. The van der Waals surface area contributed by atoms with Gasteiger partial charge in [0.05, 0.1) is 26.1 Å². The van der Waals surface area contributed by atoms with E-state index in [1.165, 1.54) is 211 Å². The van der Waals surface area contributed by atoms with E-state index in [0.717, 1.165) is 11.6 Å². The number of allylic oxidation sites excluding steroid dienone is 8. The highest BCUT2D eigenvalue weighted by Crippen LogP contribution is 3.15. The summed E-state index contributed by atoms with van der Waals surface area (Å²) in [7, 11) is -0.330. The summed E-state index contributed by atoms with van der Waals surface area (Å²) in [5, 5.41) is 2.50. The van der Waals surface area contributed by atoms with Gasteiger partial charge in [0.25, 0.3) is 0 Å². The van der Waals surface area contributed by atoms with Gasteiger partial charge in [-0.3, -0.25) is 0 Å². The lowest BCUT2D eigenvalue weighted by Gasteiger charge is -2.64. The van der Waals surface area contributed by atoms with Crippen molar-refractivity contribution in [3.05, 3.63) is 119 Å². The van der Waals surface area contributed by atoms with Gasteiger partial charge in [0.15, 0.2) is 0 Å². The number of hydrogen-bond donors (Lipinski definition) is 0. The molecule has 3 fully saturated rings. The zero-order chi connectivity index (χ0) is 50.4. The zero-order valence-corrected chi connectivity index (χ0v) is 51.2. The minimum atomic E-state index is -1.77. The molecule has 7 rings (SSSR count). The fourth-order valence-electron chi connectivity index (χ4n) is 16.0. The molecular formula is C68H109P4+. The Morgan fingerprint density at radius 3 is 1.74 bits per heavy atom. The van der Waals surface area contributed by atoms with E-state index in [1.54, 1.807) is 17.3 Å². The van der Waals surface area contributed by atoms with Crippen LogP contribution in [0.1, 0.15) is 256 Å². The third kappa shape index (κ3) is 13.7. The Hall–Kier alpha value is -0.880. The van der Waals surface area contributed by atoms with Crippen molar-refractivity contribution in [2.24, 2.45) is 23.7 Å². The van der Waals surface area contributed by atoms with Crippen LogP contribution in [-0.4, -0.2) is 35.5 Å². The third-order valence-corrected chi connectivity index (χ3v) is 51.7. The molecule has 12 unspecified atom stereocenters. The van der Waals surface area contributed by atoms with Crippen molar-refractivity contribution in [2.75, 3.05) is 24.6 Å². The summed E-state index contributed by atoms with van der Waals surface area (Å²) in [4.78, 5) is 0. The van der Waals surface area contributed by atoms with Crippen LogP contribution in [-0.2, 0) is 6.42 Å². The van der Waals surface area contributed by atoms with Crippen molar-refractivity contribution in [2.45, 2.75) is 257 Å². The molecule has 2 aromatic carbocycles. The smallest absolute Gasteiger partial charge is 0.0807 e. The molecule has 0 radical (unpaired) electrons. The van der Waals surface area contributed by atoms with Gasteiger partial charge in [-0.05, 0) is 108 Å². The number of benzene rings is 2. The van der Waals surface area contributed by atoms with Crippen LogP contribution in [0.3, 0.4) is 0 Å². The first-order valence-corrected chi connectivity index (χ1v) is 40.4. The standard InChI is InChI=1S/C68H109P4/c1-7-13-17-21-24-26-28-35-51-65-63(58-44-33-31-34-45-58)56-60-48-42-52-66-68(60,65)72(12-6,71(54-41-30-23-19-15-9-3)70(11-5)69(66)53-40-29-20-16-10-4)67-62-50-39-37-47-59(62)55-64(67)61-49-38-36-46-57(61)43-32-27-25-22-18-14-8-2/h31,33-34,36-39,42,44-50,52,59-60,62-65,67H,7-30,32,35,40-41,43,51,53-56H2,1-6H3/q+1. The second-order valence-electron chi connectivity index (χ2n) is 23.6. The molecule has 2 saturated carbocycles. The van der Waals surface area contributed by atoms with Gasteiger partial charge in [-0.1, -0.05) is 279 Å². The number of rotatable bonds is 35. The third-order valence-electron chi connectivity index (χ3n) is 19.2. The van der Waals surface area contributed by atoms with Crippen molar-refractivity contribution in [1.82, 2.24) is 0 Å². The second-order valence-corrected chi connectivity index (χ2v) is 42.8. The fourth-order valence-corrected chi connectivity index (χ4v) is 61.7. The lowest BCUT2D eigenvalue weighted by Crippen LogP contribution is -2.51. The second kappa shape index (κ2) is 31.5. The van der Waals surface area contributed by atoms with Crippen LogP contribution in [0.15, 0.2) is 102 Å². The molecule has 400 valence electrons. The molecular weight excluding hydrogens is 941 g/mol. The molecule has 0 N–H and O–H groups in total. The molecule has 4 aliphatic carbocycles. The summed E-state index contributed by atoms with van der Waals surface area (Å²) in [5.41, 5.74) is 6.05. The van der Waals surface area contributed by atoms with Crippen molar-refractivity contribution < 1.29 is 0 Å². The molecule has 72 heavy (non-hydrogen) atoms. The molecule has 0 amide bonds. The molecule has 0 bridgehead atoms. The summed E-state index contributed by atoms with van der Waals surface area (Å²) in [5.74, 6) is 4.15. The van der Waals surface area contributed by atoms with Crippen molar-refractivity contribution in [3.8, 4) is 0 Å². The average molecular weight is 1050 g/mol. The summed E-state index contributed by atoms with van der Waals surface area (Å²) in [6.45, 7) is 13.4. The van der Waals surface area contributed by atoms with Gasteiger partial charge < -0.3 is 0 Å². The van der Waals surface area contributed by atoms with Gasteiger partial charge in [-0.15, -0.1) is 0 Å². The highest BCUT2D eigenvalue weighted by atomic mass is 32.7. The van der Waals surface area contributed by atoms with Gasteiger partial charge in [0.1, 0.15) is 5.16 Å². The van der Waals surface area contributed by atoms with Crippen LogP contribution in [0, 0.1) is 23.7 Å². The quantitative estimate of drug-likeness (QED) is 0.0477. The van der Waals surface area contributed by atoms with E-state index in [4.69, 9.17) is 0 Å². The Kier molecular flexibility index (Phi) is 25.7. The first kappa shape index (κ1) is 58.8. The van der Waals surface area contributed by atoms with Gasteiger partial charge in [-0.25, -0.2) is 0 Å². The molecule has 0 aromatic heterocycles. The van der Waals surface area contributed by atoms with Crippen LogP contribution in [0.5, 0.6) is 0 Å². The Bertz CT molecular complexity index is 1950. The maximum absolute atomic E-state index is 2.96. The Balaban J connectivity index is 1.42. The molecule has 5 aliphatic rings. The summed E-state index contributed by atoms with van der Waals surface area (Å²) in [6, 6.07) is 22.6. The van der Waals surface area contributed by atoms with E-state index in [1.807, 2.05) is 5.56 Å². The van der Waals surface area contributed by atoms with Crippen molar-refractivity contribution >= 4 is 29.2 Å². The molecule has 0 nitrogen and oxygen atoms in total. The monoisotopic (exact) mass is 1050 g/mol.